The molecular formula is C11H17N3O. The molecule has 0 heterocycles. The standard InChI is InChI=1S/C11H17N3O/c12-11(15)14-13-10-6-5-8-3-1-2-4-9(8)7-10/h7-8H,1-6H2,(H3,12,14,15)/b13-10-/t8-/m1/s1. The first-order valence-electron chi connectivity index (χ1n) is 5.58. The third-order valence-electron chi connectivity index (χ3n) is 3.20. The molecule has 2 aliphatic rings. The molecule has 0 aromatic carbocycles. The van der Waals surface area contributed by atoms with Crippen LogP contribution in [0, 0.1) is 5.92 Å². The molecule has 0 radical (unpaired) electrons. The van der Waals surface area contributed by atoms with E-state index in [2.05, 4.69) is 16.6 Å². The number of hydrogen-bond donors (Lipinski definition) is 2. The summed E-state index contributed by atoms with van der Waals surface area (Å²) in [5, 5.41) is 3.99. The van der Waals surface area contributed by atoms with Gasteiger partial charge >= 0.3 is 6.03 Å². The molecule has 0 aromatic heterocycles. The van der Waals surface area contributed by atoms with Gasteiger partial charge in [0.15, 0.2) is 0 Å². The highest BCUT2D eigenvalue weighted by Crippen LogP contribution is 2.35. The number of amides is 2. The maximum absolute atomic E-state index is 10.5. The van der Waals surface area contributed by atoms with Crippen LogP contribution in [0.5, 0.6) is 0 Å². The zero-order valence-corrected chi connectivity index (χ0v) is 8.83. The van der Waals surface area contributed by atoms with Crippen LogP contribution in [0.4, 0.5) is 4.79 Å². The molecule has 1 saturated carbocycles. The second-order valence-electron chi connectivity index (χ2n) is 4.28. The predicted octanol–water partition coefficient (Wildman–Crippen LogP) is 1.92. The highest BCUT2D eigenvalue weighted by molar-refractivity contribution is 5.97. The highest BCUT2D eigenvalue weighted by Gasteiger charge is 2.23. The summed E-state index contributed by atoms with van der Waals surface area (Å²) < 4.78 is 0. The molecule has 2 aliphatic carbocycles. The van der Waals surface area contributed by atoms with E-state index in [0.29, 0.717) is 0 Å². The van der Waals surface area contributed by atoms with Crippen LogP contribution in [0.1, 0.15) is 38.5 Å². The largest absolute Gasteiger partial charge is 0.350 e. The quantitative estimate of drug-likeness (QED) is 0.634. The van der Waals surface area contributed by atoms with Gasteiger partial charge in [0, 0.05) is 0 Å². The Morgan fingerprint density at radius 3 is 3.07 bits per heavy atom. The van der Waals surface area contributed by atoms with Gasteiger partial charge in [-0.15, -0.1) is 0 Å². The number of nitrogens with two attached hydrogens (primary N) is 1. The van der Waals surface area contributed by atoms with E-state index in [-0.39, 0.29) is 0 Å². The first-order chi connectivity index (χ1) is 7.25. The third-order valence-corrected chi connectivity index (χ3v) is 3.20. The molecule has 0 aliphatic heterocycles. The summed E-state index contributed by atoms with van der Waals surface area (Å²) in [5.41, 5.74) is 9.73. The maximum atomic E-state index is 10.5. The Bertz CT molecular complexity index is 320. The lowest BCUT2D eigenvalue weighted by atomic mass is 9.77. The van der Waals surface area contributed by atoms with Crippen molar-refractivity contribution in [2.24, 2.45) is 16.8 Å². The number of rotatable bonds is 1. The fraction of sp³-hybridized carbons (Fsp3) is 0.636. The molecule has 2 rings (SSSR count). The topological polar surface area (TPSA) is 67.5 Å². The summed E-state index contributed by atoms with van der Waals surface area (Å²) in [6, 6.07) is -0.591. The van der Waals surface area contributed by atoms with Crippen molar-refractivity contribution >= 4 is 11.7 Å². The van der Waals surface area contributed by atoms with Crippen molar-refractivity contribution in [2.75, 3.05) is 0 Å². The molecule has 2 amide bonds. The summed E-state index contributed by atoms with van der Waals surface area (Å²) in [4.78, 5) is 10.5. The van der Waals surface area contributed by atoms with Gasteiger partial charge in [0.2, 0.25) is 0 Å². The highest BCUT2D eigenvalue weighted by atomic mass is 16.2. The van der Waals surface area contributed by atoms with Gasteiger partial charge in [-0.1, -0.05) is 12.0 Å². The van der Waals surface area contributed by atoms with E-state index in [4.69, 9.17) is 5.73 Å². The Balaban J connectivity index is 2.05. The summed E-state index contributed by atoms with van der Waals surface area (Å²) in [6.07, 6.45) is 9.43. The molecule has 82 valence electrons. The first kappa shape index (κ1) is 10.2. The van der Waals surface area contributed by atoms with E-state index >= 15 is 0 Å². The molecule has 3 N–H and O–H groups in total. The molecule has 0 spiro atoms. The molecule has 15 heavy (non-hydrogen) atoms. The maximum Gasteiger partial charge on any atom is 0.332 e. The smallest absolute Gasteiger partial charge is 0.332 e. The van der Waals surface area contributed by atoms with Gasteiger partial charge in [-0.3, -0.25) is 0 Å². The molecule has 1 fully saturated rings. The predicted molar refractivity (Wildman–Crippen MR) is 59.4 cm³/mol. The molecule has 0 aromatic rings. The molecule has 4 heteroatoms. The van der Waals surface area contributed by atoms with Crippen LogP contribution in [0.2, 0.25) is 0 Å². The van der Waals surface area contributed by atoms with Gasteiger partial charge in [0.05, 0.1) is 5.71 Å². The Morgan fingerprint density at radius 1 is 1.40 bits per heavy atom. The number of primary amides is 1. The molecular weight excluding hydrogens is 190 g/mol. The Labute approximate surface area is 89.6 Å². The van der Waals surface area contributed by atoms with E-state index in [1.54, 1.807) is 0 Å². The van der Waals surface area contributed by atoms with Crippen LogP contribution in [-0.2, 0) is 0 Å². The lowest BCUT2D eigenvalue weighted by Gasteiger charge is -2.29. The molecule has 0 bridgehead atoms. The Kier molecular flexibility index (Phi) is 3.04. The third kappa shape index (κ3) is 2.58. The average molecular weight is 207 g/mol. The lowest BCUT2D eigenvalue weighted by Crippen LogP contribution is -2.26. The molecule has 1 atom stereocenters. The van der Waals surface area contributed by atoms with Gasteiger partial charge in [0.25, 0.3) is 0 Å². The van der Waals surface area contributed by atoms with Gasteiger partial charge in [-0.2, -0.15) is 5.10 Å². The first-order valence-corrected chi connectivity index (χ1v) is 5.58. The van der Waals surface area contributed by atoms with Gasteiger partial charge in [-0.05, 0) is 44.1 Å². The van der Waals surface area contributed by atoms with Crippen molar-refractivity contribution in [3.8, 4) is 0 Å². The normalized spacial score (nSPS) is 28.1. The lowest BCUT2D eigenvalue weighted by molar-refractivity contribution is 0.249. The monoisotopic (exact) mass is 207 g/mol. The molecule has 0 saturated heterocycles. The van der Waals surface area contributed by atoms with Crippen LogP contribution < -0.4 is 11.2 Å². The van der Waals surface area contributed by atoms with Crippen molar-refractivity contribution in [3.05, 3.63) is 11.6 Å². The average Bonchev–Trinajstić information content (AvgIpc) is 2.26. The number of nitrogens with one attached hydrogen (secondary N) is 1. The minimum atomic E-state index is -0.591. The summed E-state index contributed by atoms with van der Waals surface area (Å²) in [7, 11) is 0. The van der Waals surface area contributed by atoms with Gasteiger partial charge < -0.3 is 5.73 Å². The van der Waals surface area contributed by atoms with Crippen molar-refractivity contribution in [1.82, 2.24) is 5.43 Å². The number of carbonyl (C=O) groups is 1. The molecule has 4 nitrogen and oxygen atoms in total. The number of hydrazone groups is 1. The van der Waals surface area contributed by atoms with Gasteiger partial charge in [0.1, 0.15) is 0 Å². The fourth-order valence-electron chi connectivity index (χ4n) is 2.45. The number of fused-ring (bicyclic) bond motifs is 1. The van der Waals surface area contributed by atoms with E-state index < -0.39 is 6.03 Å². The summed E-state index contributed by atoms with van der Waals surface area (Å²) >= 11 is 0. The van der Waals surface area contributed by atoms with Crippen molar-refractivity contribution in [1.29, 1.82) is 0 Å². The van der Waals surface area contributed by atoms with E-state index in [1.165, 1.54) is 37.7 Å². The number of carbonyl (C=O) groups excluding carboxylic acids is 1. The van der Waals surface area contributed by atoms with Crippen LogP contribution in [0.25, 0.3) is 0 Å². The second-order valence-corrected chi connectivity index (χ2v) is 4.28. The molecule has 0 unspecified atom stereocenters. The SMILES string of the molecule is NC(=O)N/N=C1\C=C2CCCC[C@@H]2CC1. The van der Waals surface area contributed by atoms with Gasteiger partial charge in [-0.25, -0.2) is 10.2 Å². The fourth-order valence-corrected chi connectivity index (χ4v) is 2.45. The number of nitrogens with zero attached hydrogens (tertiary/aromatic N) is 1. The summed E-state index contributed by atoms with van der Waals surface area (Å²) in [5.74, 6) is 0.770. The van der Waals surface area contributed by atoms with Crippen LogP contribution in [0.15, 0.2) is 16.8 Å². The van der Waals surface area contributed by atoms with Crippen molar-refractivity contribution in [3.63, 3.8) is 0 Å². The van der Waals surface area contributed by atoms with Crippen LogP contribution in [-0.4, -0.2) is 11.7 Å². The minimum Gasteiger partial charge on any atom is -0.350 e. The van der Waals surface area contributed by atoms with Crippen molar-refractivity contribution in [2.45, 2.75) is 38.5 Å². The Morgan fingerprint density at radius 2 is 2.27 bits per heavy atom. The number of urea groups is 1. The summed E-state index contributed by atoms with van der Waals surface area (Å²) in [6.45, 7) is 0. The zero-order chi connectivity index (χ0) is 10.7. The van der Waals surface area contributed by atoms with E-state index in [9.17, 15) is 4.79 Å². The zero-order valence-electron chi connectivity index (χ0n) is 8.83. The minimum absolute atomic E-state index is 0.591. The van der Waals surface area contributed by atoms with Crippen LogP contribution >= 0.6 is 0 Å². The second kappa shape index (κ2) is 4.47. The van der Waals surface area contributed by atoms with Crippen molar-refractivity contribution < 1.29 is 4.79 Å². The number of allylic oxidation sites excluding steroid dienone is 2. The van der Waals surface area contributed by atoms with E-state index in [1.807, 2.05) is 0 Å². The van der Waals surface area contributed by atoms with Crippen LogP contribution in [0.3, 0.4) is 0 Å². The Hall–Kier alpha value is -1.32. The number of hydrogen-bond acceptors (Lipinski definition) is 2. The van der Waals surface area contributed by atoms with E-state index in [0.717, 1.165) is 18.1 Å².